The Balaban J connectivity index is 4.28. The minimum absolute atomic E-state index is 0.134. The standard InChI is InChI=1S/C11H22N2O4/c1-10(2,3)17-9(16)13-6-11(4,5)7(12)8(14)15/h7H,6,12H2,1-5H3,(H,13,16)(H,14,15). The fraction of sp³-hybridized carbons (Fsp3) is 0.818. The second kappa shape index (κ2) is 5.35. The van der Waals surface area contributed by atoms with Crippen molar-refractivity contribution in [3.8, 4) is 0 Å². The van der Waals surface area contributed by atoms with Gasteiger partial charge < -0.3 is 20.9 Å². The minimum Gasteiger partial charge on any atom is -0.480 e. The van der Waals surface area contributed by atoms with Crippen LogP contribution in [0.1, 0.15) is 34.6 Å². The maximum absolute atomic E-state index is 11.4. The summed E-state index contributed by atoms with van der Waals surface area (Å²) in [5, 5.41) is 11.3. The average molecular weight is 246 g/mol. The Bertz CT molecular complexity index is 294. The van der Waals surface area contributed by atoms with Crippen LogP contribution >= 0.6 is 0 Å². The van der Waals surface area contributed by atoms with Crippen LogP contribution in [0.3, 0.4) is 0 Å². The molecule has 0 spiro atoms. The van der Waals surface area contributed by atoms with Gasteiger partial charge in [-0.05, 0) is 20.8 Å². The summed E-state index contributed by atoms with van der Waals surface area (Å²) >= 11 is 0. The smallest absolute Gasteiger partial charge is 0.407 e. The van der Waals surface area contributed by atoms with Crippen molar-refractivity contribution in [2.75, 3.05) is 6.54 Å². The van der Waals surface area contributed by atoms with Crippen LogP contribution in [-0.4, -0.2) is 35.4 Å². The van der Waals surface area contributed by atoms with Crippen LogP contribution in [0.5, 0.6) is 0 Å². The lowest BCUT2D eigenvalue weighted by atomic mass is 9.85. The van der Waals surface area contributed by atoms with E-state index in [0.717, 1.165) is 0 Å². The zero-order chi connectivity index (χ0) is 13.9. The van der Waals surface area contributed by atoms with Crippen molar-refractivity contribution in [3.63, 3.8) is 0 Å². The predicted molar refractivity (Wildman–Crippen MR) is 63.6 cm³/mol. The van der Waals surface area contributed by atoms with Crippen molar-refractivity contribution < 1.29 is 19.4 Å². The zero-order valence-electron chi connectivity index (χ0n) is 11.0. The summed E-state index contributed by atoms with van der Waals surface area (Å²) in [5.74, 6) is -1.10. The van der Waals surface area contributed by atoms with Gasteiger partial charge in [0.2, 0.25) is 0 Å². The molecular weight excluding hydrogens is 224 g/mol. The highest BCUT2D eigenvalue weighted by Crippen LogP contribution is 2.18. The Labute approximate surface area is 102 Å². The number of carboxylic acids is 1. The number of carbonyl (C=O) groups is 2. The molecule has 0 radical (unpaired) electrons. The lowest BCUT2D eigenvalue weighted by Gasteiger charge is -2.29. The number of nitrogens with one attached hydrogen (secondary N) is 1. The van der Waals surface area contributed by atoms with Gasteiger partial charge in [-0.3, -0.25) is 4.79 Å². The lowest BCUT2D eigenvalue weighted by molar-refractivity contribution is -0.141. The summed E-state index contributed by atoms with van der Waals surface area (Å²) in [6, 6.07) is -1.04. The van der Waals surface area contributed by atoms with E-state index in [1.165, 1.54) is 0 Å². The highest BCUT2D eigenvalue weighted by atomic mass is 16.6. The second-order valence-electron chi connectivity index (χ2n) is 5.66. The molecule has 1 unspecified atom stereocenters. The molecule has 0 aliphatic heterocycles. The summed E-state index contributed by atoms with van der Waals surface area (Å²) in [7, 11) is 0. The van der Waals surface area contributed by atoms with Crippen LogP contribution in [0.15, 0.2) is 0 Å². The van der Waals surface area contributed by atoms with Gasteiger partial charge in [0.25, 0.3) is 0 Å². The first-order valence-electron chi connectivity index (χ1n) is 5.41. The molecule has 6 heteroatoms. The molecule has 0 fully saturated rings. The normalized spacial score (nSPS) is 14.0. The first-order chi connectivity index (χ1) is 7.46. The Morgan fingerprint density at radius 3 is 2.12 bits per heavy atom. The van der Waals surface area contributed by atoms with Crippen LogP contribution in [-0.2, 0) is 9.53 Å². The summed E-state index contributed by atoms with van der Waals surface area (Å²) < 4.78 is 5.04. The maximum Gasteiger partial charge on any atom is 0.407 e. The van der Waals surface area contributed by atoms with E-state index >= 15 is 0 Å². The molecule has 100 valence electrons. The molecule has 0 heterocycles. The summed E-state index contributed by atoms with van der Waals surface area (Å²) in [6.45, 7) is 8.73. The summed E-state index contributed by atoms with van der Waals surface area (Å²) in [4.78, 5) is 22.1. The molecule has 0 aliphatic carbocycles. The number of carbonyl (C=O) groups excluding carboxylic acids is 1. The summed E-state index contributed by atoms with van der Waals surface area (Å²) in [5.41, 5.74) is 4.19. The maximum atomic E-state index is 11.4. The van der Waals surface area contributed by atoms with Gasteiger partial charge in [0.05, 0.1) is 0 Å². The molecule has 17 heavy (non-hydrogen) atoms. The van der Waals surface area contributed by atoms with E-state index in [-0.39, 0.29) is 6.54 Å². The minimum atomic E-state index is -1.10. The van der Waals surface area contributed by atoms with Crippen LogP contribution in [0, 0.1) is 5.41 Å². The van der Waals surface area contributed by atoms with Gasteiger partial charge in [0.1, 0.15) is 11.6 Å². The van der Waals surface area contributed by atoms with Gasteiger partial charge in [0.15, 0.2) is 0 Å². The van der Waals surface area contributed by atoms with Crippen molar-refractivity contribution in [1.82, 2.24) is 5.32 Å². The largest absolute Gasteiger partial charge is 0.480 e. The van der Waals surface area contributed by atoms with Crippen molar-refractivity contribution in [2.24, 2.45) is 11.1 Å². The Morgan fingerprint density at radius 1 is 1.29 bits per heavy atom. The third kappa shape index (κ3) is 6.11. The van der Waals surface area contributed by atoms with E-state index in [0.29, 0.717) is 0 Å². The monoisotopic (exact) mass is 246 g/mol. The molecule has 0 aromatic carbocycles. The molecule has 0 saturated heterocycles. The molecule has 0 rings (SSSR count). The molecule has 0 aromatic rings. The number of hydrogen-bond donors (Lipinski definition) is 3. The number of amides is 1. The van der Waals surface area contributed by atoms with Crippen LogP contribution in [0.25, 0.3) is 0 Å². The Morgan fingerprint density at radius 2 is 1.76 bits per heavy atom. The first kappa shape index (κ1) is 15.7. The highest BCUT2D eigenvalue weighted by Gasteiger charge is 2.32. The first-order valence-corrected chi connectivity index (χ1v) is 5.41. The quantitative estimate of drug-likeness (QED) is 0.685. The molecule has 6 nitrogen and oxygen atoms in total. The van der Waals surface area contributed by atoms with Crippen molar-refractivity contribution in [3.05, 3.63) is 0 Å². The van der Waals surface area contributed by atoms with Crippen LogP contribution in [0.2, 0.25) is 0 Å². The summed E-state index contributed by atoms with van der Waals surface area (Å²) in [6.07, 6.45) is -0.580. The van der Waals surface area contributed by atoms with E-state index in [4.69, 9.17) is 15.6 Å². The third-order valence-electron chi connectivity index (χ3n) is 2.20. The van der Waals surface area contributed by atoms with Crippen LogP contribution < -0.4 is 11.1 Å². The van der Waals surface area contributed by atoms with Gasteiger partial charge >= 0.3 is 12.1 Å². The molecule has 0 aromatic heterocycles. The third-order valence-corrected chi connectivity index (χ3v) is 2.20. The number of ether oxygens (including phenoxy) is 1. The second-order valence-corrected chi connectivity index (χ2v) is 5.66. The van der Waals surface area contributed by atoms with E-state index in [9.17, 15) is 9.59 Å². The van der Waals surface area contributed by atoms with Crippen molar-refractivity contribution >= 4 is 12.1 Å². The molecule has 0 saturated carbocycles. The Kier molecular flexibility index (Phi) is 4.94. The predicted octanol–water partition coefficient (Wildman–Crippen LogP) is 0.949. The molecule has 0 aliphatic rings. The van der Waals surface area contributed by atoms with E-state index < -0.39 is 29.1 Å². The van der Waals surface area contributed by atoms with Crippen molar-refractivity contribution in [1.29, 1.82) is 0 Å². The zero-order valence-corrected chi connectivity index (χ0v) is 11.0. The van der Waals surface area contributed by atoms with E-state index in [1.54, 1.807) is 34.6 Å². The number of carboxylic acid groups (broad SMARTS) is 1. The number of nitrogens with two attached hydrogens (primary N) is 1. The molecule has 0 bridgehead atoms. The number of aliphatic carboxylic acids is 1. The molecule has 4 N–H and O–H groups in total. The van der Waals surface area contributed by atoms with E-state index in [1.807, 2.05) is 0 Å². The average Bonchev–Trinajstić information content (AvgIpc) is 2.11. The van der Waals surface area contributed by atoms with Gasteiger partial charge in [-0.2, -0.15) is 0 Å². The molecule has 1 amide bonds. The molecular formula is C11H22N2O4. The Hall–Kier alpha value is -1.30. The van der Waals surface area contributed by atoms with Crippen molar-refractivity contribution in [2.45, 2.75) is 46.3 Å². The fourth-order valence-corrected chi connectivity index (χ4v) is 1.06. The van der Waals surface area contributed by atoms with Gasteiger partial charge in [-0.25, -0.2) is 4.79 Å². The van der Waals surface area contributed by atoms with E-state index in [2.05, 4.69) is 5.32 Å². The SMILES string of the molecule is CC(C)(C)OC(=O)NCC(C)(C)C(N)C(=O)O. The van der Waals surface area contributed by atoms with Gasteiger partial charge in [0, 0.05) is 12.0 Å². The van der Waals surface area contributed by atoms with Crippen LogP contribution in [0.4, 0.5) is 4.79 Å². The van der Waals surface area contributed by atoms with Gasteiger partial charge in [-0.15, -0.1) is 0 Å². The number of hydrogen-bond acceptors (Lipinski definition) is 4. The highest BCUT2D eigenvalue weighted by molar-refractivity contribution is 5.74. The fourth-order valence-electron chi connectivity index (χ4n) is 1.06. The van der Waals surface area contributed by atoms with Gasteiger partial charge in [-0.1, -0.05) is 13.8 Å². The topological polar surface area (TPSA) is 102 Å². The number of alkyl carbamates (subject to hydrolysis) is 1. The molecule has 1 atom stereocenters. The number of rotatable bonds is 4. The lowest BCUT2D eigenvalue weighted by Crippen LogP contribution is -2.50.